The molecule has 0 amide bonds. The summed E-state index contributed by atoms with van der Waals surface area (Å²) in [7, 11) is 0. The van der Waals surface area contributed by atoms with Crippen LogP contribution in [0.5, 0.6) is 0 Å². The molecule has 0 fully saturated rings. The summed E-state index contributed by atoms with van der Waals surface area (Å²) in [6.45, 7) is 2.17. The molecule has 0 aliphatic heterocycles. The van der Waals surface area contributed by atoms with E-state index in [2.05, 4.69) is 55.5 Å². The van der Waals surface area contributed by atoms with E-state index in [9.17, 15) is 0 Å². The molecule has 0 heterocycles. The highest BCUT2D eigenvalue weighted by Gasteiger charge is 2.12. The molecule has 3 rings (SSSR count). The van der Waals surface area contributed by atoms with Crippen molar-refractivity contribution < 1.29 is 0 Å². The summed E-state index contributed by atoms with van der Waals surface area (Å²) in [6.07, 6.45) is 0.671. The molecule has 0 spiro atoms. The molecule has 0 aromatic heterocycles. The Hall–Kier alpha value is -1.24. The van der Waals surface area contributed by atoms with Gasteiger partial charge in [0.2, 0.25) is 0 Å². The molecule has 0 nitrogen and oxygen atoms in total. The summed E-state index contributed by atoms with van der Waals surface area (Å²) >= 11 is 12.0. The summed E-state index contributed by atoms with van der Waals surface area (Å²) in [5.41, 5.74) is 2.56. The molecule has 2 heteroatoms. The van der Waals surface area contributed by atoms with Crippen LogP contribution in [0.3, 0.4) is 0 Å². The highest BCUT2D eigenvalue weighted by atomic mass is 35.5. The van der Waals surface area contributed by atoms with E-state index in [1.165, 1.54) is 32.7 Å². The first-order valence-corrected chi connectivity index (χ1v) is 7.23. The third-order valence-corrected chi connectivity index (χ3v) is 3.98. The molecule has 0 unspecified atom stereocenters. The second-order valence-electron chi connectivity index (χ2n) is 4.79. The van der Waals surface area contributed by atoms with Crippen LogP contribution < -0.4 is 0 Å². The van der Waals surface area contributed by atoms with Crippen molar-refractivity contribution in [2.75, 3.05) is 0 Å². The van der Waals surface area contributed by atoms with E-state index in [-0.39, 0.29) is 4.84 Å². The van der Waals surface area contributed by atoms with Gasteiger partial charge < -0.3 is 0 Å². The maximum Gasteiger partial charge on any atom is 0.111 e. The highest BCUT2D eigenvalue weighted by molar-refractivity contribution is 6.44. The minimum Gasteiger partial charge on any atom is -0.105 e. The maximum atomic E-state index is 6.02. The molecule has 0 bridgehead atoms. The summed E-state index contributed by atoms with van der Waals surface area (Å²) in [5, 5.41) is 5.07. The zero-order chi connectivity index (χ0) is 13.4. The lowest BCUT2D eigenvalue weighted by Gasteiger charge is -2.15. The molecule has 3 aromatic carbocycles. The molecular formula is C17H14Cl2. The summed E-state index contributed by atoms with van der Waals surface area (Å²) in [6, 6.07) is 16.9. The number of benzene rings is 3. The number of hydrogen-bond acceptors (Lipinski definition) is 0. The van der Waals surface area contributed by atoms with Crippen LogP contribution in [0.25, 0.3) is 21.5 Å². The van der Waals surface area contributed by atoms with Gasteiger partial charge in [0.15, 0.2) is 0 Å². The molecular weight excluding hydrogens is 275 g/mol. The molecule has 0 N–H and O–H groups in total. The largest absolute Gasteiger partial charge is 0.111 e. The number of aryl methyl sites for hydroxylation is 1. The first-order chi connectivity index (χ1) is 9.18. The van der Waals surface area contributed by atoms with E-state index in [1.807, 2.05) is 0 Å². The van der Waals surface area contributed by atoms with Crippen molar-refractivity contribution in [3.63, 3.8) is 0 Å². The molecule has 0 atom stereocenters. The predicted molar refractivity (Wildman–Crippen MR) is 85.4 cm³/mol. The van der Waals surface area contributed by atoms with Gasteiger partial charge in [-0.1, -0.05) is 48.5 Å². The zero-order valence-corrected chi connectivity index (χ0v) is 12.2. The third-order valence-electron chi connectivity index (χ3n) is 3.67. The van der Waals surface area contributed by atoms with Crippen LogP contribution in [-0.2, 0) is 6.42 Å². The molecule has 0 aliphatic carbocycles. The average molecular weight is 289 g/mol. The van der Waals surface area contributed by atoms with Gasteiger partial charge in [-0.25, -0.2) is 0 Å². The summed E-state index contributed by atoms with van der Waals surface area (Å²) < 4.78 is 0. The molecule has 96 valence electrons. The Morgan fingerprint density at radius 1 is 0.789 bits per heavy atom. The molecule has 19 heavy (non-hydrogen) atoms. The molecule has 0 radical (unpaired) electrons. The summed E-state index contributed by atoms with van der Waals surface area (Å²) in [4.78, 5) is -0.380. The Kier molecular flexibility index (Phi) is 3.38. The van der Waals surface area contributed by atoms with Gasteiger partial charge in [0, 0.05) is 6.42 Å². The van der Waals surface area contributed by atoms with Crippen molar-refractivity contribution in [3.8, 4) is 0 Å². The van der Waals surface area contributed by atoms with E-state index in [1.54, 1.807) is 0 Å². The van der Waals surface area contributed by atoms with Crippen LogP contribution in [0.2, 0.25) is 0 Å². The van der Waals surface area contributed by atoms with Gasteiger partial charge in [-0.2, -0.15) is 0 Å². The van der Waals surface area contributed by atoms with Crippen LogP contribution in [0, 0.1) is 6.92 Å². The lowest BCUT2D eigenvalue weighted by Crippen LogP contribution is -1.98. The van der Waals surface area contributed by atoms with Crippen molar-refractivity contribution in [2.45, 2.75) is 18.2 Å². The summed E-state index contributed by atoms with van der Waals surface area (Å²) in [5.74, 6) is 0. The lowest BCUT2D eigenvalue weighted by molar-refractivity contribution is 1.12. The SMILES string of the molecule is Cc1c2ccccc2c(CC(Cl)Cl)c2ccccc12. The van der Waals surface area contributed by atoms with Crippen LogP contribution in [0.1, 0.15) is 11.1 Å². The van der Waals surface area contributed by atoms with Crippen LogP contribution in [-0.4, -0.2) is 4.84 Å². The second-order valence-corrected chi connectivity index (χ2v) is 6.07. The standard InChI is InChI=1S/C17H14Cl2/c1-11-12-6-2-4-8-14(12)16(10-17(18)19)15-9-5-3-7-13(11)15/h2-9,17H,10H2,1H3. The molecule has 3 aromatic rings. The van der Waals surface area contributed by atoms with Gasteiger partial charge in [-0.05, 0) is 39.6 Å². The number of rotatable bonds is 2. The van der Waals surface area contributed by atoms with E-state index < -0.39 is 0 Å². The fourth-order valence-corrected chi connectivity index (χ4v) is 3.12. The van der Waals surface area contributed by atoms with Crippen molar-refractivity contribution >= 4 is 44.7 Å². The quantitative estimate of drug-likeness (QED) is 0.422. The van der Waals surface area contributed by atoms with Crippen LogP contribution in [0.15, 0.2) is 48.5 Å². The Morgan fingerprint density at radius 2 is 1.21 bits per heavy atom. The van der Waals surface area contributed by atoms with Gasteiger partial charge in [0.25, 0.3) is 0 Å². The highest BCUT2D eigenvalue weighted by Crippen LogP contribution is 2.33. The topological polar surface area (TPSA) is 0 Å². The van der Waals surface area contributed by atoms with Gasteiger partial charge in [-0.3, -0.25) is 0 Å². The third kappa shape index (κ3) is 2.20. The predicted octanol–water partition coefficient (Wildman–Crippen LogP) is 5.65. The minimum absolute atomic E-state index is 0.380. The average Bonchev–Trinajstić information content (AvgIpc) is 2.43. The van der Waals surface area contributed by atoms with Gasteiger partial charge in [0.05, 0.1) is 0 Å². The Labute approximate surface area is 122 Å². The van der Waals surface area contributed by atoms with E-state index >= 15 is 0 Å². The monoisotopic (exact) mass is 288 g/mol. The van der Waals surface area contributed by atoms with Crippen LogP contribution in [0.4, 0.5) is 0 Å². The fraction of sp³-hybridized carbons (Fsp3) is 0.176. The van der Waals surface area contributed by atoms with E-state index in [0.29, 0.717) is 6.42 Å². The van der Waals surface area contributed by atoms with Crippen LogP contribution >= 0.6 is 23.2 Å². The van der Waals surface area contributed by atoms with Crippen molar-refractivity contribution in [1.82, 2.24) is 0 Å². The van der Waals surface area contributed by atoms with Crippen molar-refractivity contribution in [2.24, 2.45) is 0 Å². The molecule has 0 saturated heterocycles. The van der Waals surface area contributed by atoms with Gasteiger partial charge in [0.1, 0.15) is 4.84 Å². The number of hydrogen-bond donors (Lipinski definition) is 0. The smallest absolute Gasteiger partial charge is 0.105 e. The number of halogens is 2. The first kappa shape index (κ1) is 12.8. The number of fused-ring (bicyclic) bond motifs is 2. The Bertz CT molecular complexity index is 688. The lowest BCUT2D eigenvalue weighted by atomic mass is 9.91. The van der Waals surface area contributed by atoms with Crippen molar-refractivity contribution in [1.29, 1.82) is 0 Å². The second kappa shape index (κ2) is 5.03. The zero-order valence-electron chi connectivity index (χ0n) is 10.7. The van der Waals surface area contributed by atoms with Crippen molar-refractivity contribution in [3.05, 3.63) is 59.7 Å². The normalized spacial score (nSPS) is 11.6. The fourth-order valence-electron chi connectivity index (χ4n) is 2.81. The molecule has 0 aliphatic rings. The molecule has 0 saturated carbocycles. The number of alkyl halides is 2. The minimum atomic E-state index is -0.380. The van der Waals surface area contributed by atoms with E-state index in [0.717, 1.165) is 0 Å². The Morgan fingerprint density at radius 3 is 1.63 bits per heavy atom. The van der Waals surface area contributed by atoms with Gasteiger partial charge >= 0.3 is 0 Å². The van der Waals surface area contributed by atoms with Gasteiger partial charge in [-0.15, -0.1) is 23.2 Å². The maximum absolute atomic E-state index is 6.02. The van der Waals surface area contributed by atoms with E-state index in [4.69, 9.17) is 23.2 Å². The Balaban J connectivity index is 2.49. The first-order valence-electron chi connectivity index (χ1n) is 6.35.